The number of carbonyl (C=O) groups is 2. The molecule has 0 bridgehead atoms. The first-order valence-electron chi connectivity index (χ1n) is 5.86. The van der Waals surface area contributed by atoms with Gasteiger partial charge < -0.3 is 10.4 Å². The molecule has 2 N–H and O–H groups in total. The van der Waals surface area contributed by atoms with E-state index in [-0.39, 0.29) is 18.4 Å². The lowest BCUT2D eigenvalue weighted by molar-refractivity contribution is -0.136. The average Bonchev–Trinajstić information content (AvgIpc) is 2.74. The van der Waals surface area contributed by atoms with Crippen molar-refractivity contribution < 1.29 is 14.7 Å². The van der Waals surface area contributed by atoms with Crippen LogP contribution in [0.5, 0.6) is 0 Å². The lowest BCUT2D eigenvalue weighted by atomic mass is 10.2. The van der Waals surface area contributed by atoms with Crippen LogP contribution < -0.4 is 5.32 Å². The van der Waals surface area contributed by atoms with E-state index in [1.54, 1.807) is 11.8 Å². The first-order chi connectivity index (χ1) is 8.63. The molecule has 5 heteroatoms. The fraction of sp³-hybridized carbons (Fsp3) is 0.385. The maximum atomic E-state index is 11.0. The topological polar surface area (TPSA) is 66.4 Å². The second-order valence-corrected chi connectivity index (χ2v) is 5.42. The maximum absolute atomic E-state index is 11.0. The highest BCUT2D eigenvalue weighted by molar-refractivity contribution is 7.99. The largest absolute Gasteiger partial charge is 0.481 e. The van der Waals surface area contributed by atoms with Crippen LogP contribution in [0.25, 0.3) is 0 Å². The molecule has 1 aromatic carbocycles. The van der Waals surface area contributed by atoms with Crippen molar-refractivity contribution in [3.8, 4) is 0 Å². The molecule has 0 aliphatic carbocycles. The maximum Gasteiger partial charge on any atom is 0.307 e. The Hall–Kier alpha value is -1.49. The molecule has 2 rings (SSSR count). The van der Waals surface area contributed by atoms with E-state index in [9.17, 15) is 9.59 Å². The molecule has 0 radical (unpaired) electrons. The first-order valence-corrected chi connectivity index (χ1v) is 6.85. The van der Waals surface area contributed by atoms with E-state index in [1.807, 2.05) is 24.3 Å². The van der Waals surface area contributed by atoms with Gasteiger partial charge in [0, 0.05) is 23.1 Å². The number of aliphatic carboxylic acids is 1. The Kier molecular flexibility index (Phi) is 4.25. The van der Waals surface area contributed by atoms with E-state index in [0.717, 1.165) is 22.6 Å². The second-order valence-electron chi connectivity index (χ2n) is 4.33. The van der Waals surface area contributed by atoms with E-state index < -0.39 is 5.97 Å². The fourth-order valence-corrected chi connectivity index (χ4v) is 2.85. The third kappa shape index (κ3) is 3.77. The normalized spacial score (nSPS) is 18.7. The van der Waals surface area contributed by atoms with Gasteiger partial charge in [0.1, 0.15) is 0 Å². The predicted molar refractivity (Wildman–Crippen MR) is 69.7 cm³/mol. The number of carboxylic acids is 1. The van der Waals surface area contributed by atoms with E-state index in [1.165, 1.54) is 0 Å². The van der Waals surface area contributed by atoms with Gasteiger partial charge >= 0.3 is 5.97 Å². The molecule has 1 saturated heterocycles. The molecule has 1 aromatic rings. The molecule has 0 spiro atoms. The van der Waals surface area contributed by atoms with Gasteiger partial charge in [0.15, 0.2) is 0 Å². The summed E-state index contributed by atoms with van der Waals surface area (Å²) in [6, 6.07) is 7.80. The lowest BCUT2D eigenvalue weighted by Gasteiger charge is -2.09. The molecule has 1 heterocycles. The minimum atomic E-state index is -0.816. The van der Waals surface area contributed by atoms with Crippen molar-refractivity contribution in [3.05, 3.63) is 29.8 Å². The minimum absolute atomic E-state index is 0.0592. The quantitative estimate of drug-likeness (QED) is 0.795. The van der Waals surface area contributed by atoms with Gasteiger partial charge in [-0.05, 0) is 24.1 Å². The zero-order valence-corrected chi connectivity index (χ0v) is 10.7. The molecule has 96 valence electrons. The molecule has 1 unspecified atom stereocenters. The van der Waals surface area contributed by atoms with Gasteiger partial charge in [0.2, 0.25) is 5.91 Å². The van der Waals surface area contributed by atoms with Crippen LogP contribution in [0.15, 0.2) is 29.2 Å². The number of benzene rings is 1. The molecule has 1 fully saturated rings. The van der Waals surface area contributed by atoms with Gasteiger partial charge in [-0.3, -0.25) is 9.59 Å². The summed E-state index contributed by atoms with van der Waals surface area (Å²) in [5, 5.41) is 11.6. The van der Waals surface area contributed by atoms with Crippen LogP contribution in [0.4, 0.5) is 0 Å². The van der Waals surface area contributed by atoms with Crippen LogP contribution in [-0.2, 0) is 16.0 Å². The summed E-state index contributed by atoms with van der Waals surface area (Å²) in [6.45, 7) is 0. The van der Waals surface area contributed by atoms with Crippen molar-refractivity contribution in [2.75, 3.05) is 5.75 Å². The molecular formula is C13H15NO3S. The van der Waals surface area contributed by atoms with E-state index in [0.29, 0.717) is 6.42 Å². The Morgan fingerprint density at radius 2 is 2.11 bits per heavy atom. The van der Waals surface area contributed by atoms with Gasteiger partial charge in [0.05, 0.1) is 6.42 Å². The number of rotatable bonds is 5. The third-order valence-electron chi connectivity index (χ3n) is 2.81. The fourth-order valence-electron chi connectivity index (χ4n) is 1.88. The van der Waals surface area contributed by atoms with Gasteiger partial charge in [-0.1, -0.05) is 12.1 Å². The molecule has 0 aromatic heterocycles. The Morgan fingerprint density at radius 3 is 2.67 bits per heavy atom. The van der Waals surface area contributed by atoms with Gasteiger partial charge in [-0.2, -0.15) is 0 Å². The number of hydrogen-bond acceptors (Lipinski definition) is 3. The number of carbonyl (C=O) groups excluding carboxylic acids is 1. The Balaban J connectivity index is 1.82. The molecule has 1 atom stereocenters. The van der Waals surface area contributed by atoms with Crippen molar-refractivity contribution >= 4 is 23.6 Å². The first kappa shape index (κ1) is 13.0. The number of hydrogen-bond donors (Lipinski definition) is 2. The summed E-state index contributed by atoms with van der Waals surface area (Å²) >= 11 is 1.69. The van der Waals surface area contributed by atoms with Crippen LogP contribution in [0.2, 0.25) is 0 Å². The summed E-state index contributed by atoms with van der Waals surface area (Å²) in [4.78, 5) is 22.7. The monoisotopic (exact) mass is 265 g/mol. The van der Waals surface area contributed by atoms with Crippen molar-refractivity contribution in [1.82, 2.24) is 5.32 Å². The Labute approximate surface area is 110 Å². The Morgan fingerprint density at radius 1 is 1.39 bits per heavy atom. The highest BCUT2D eigenvalue weighted by Crippen LogP contribution is 2.22. The van der Waals surface area contributed by atoms with E-state index in [2.05, 4.69) is 5.32 Å². The van der Waals surface area contributed by atoms with Crippen LogP contribution in [0.3, 0.4) is 0 Å². The van der Waals surface area contributed by atoms with E-state index in [4.69, 9.17) is 5.11 Å². The molecule has 1 aliphatic heterocycles. The zero-order chi connectivity index (χ0) is 13.0. The zero-order valence-electron chi connectivity index (χ0n) is 9.89. The Bertz CT molecular complexity index is 444. The third-order valence-corrected chi connectivity index (χ3v) is 3.99. The highest BCUT2D eigenvalue weighted by Gasteiger charge is 2.20. The number of thioether (sulfide) groups is 1. The number of amides is 1. The van der Waals surface area contributed by atoms with Gasteiger partial charge in [-0.25, -0.2) is 0 Å². The summed E-state index contributed by atoms with van der Waals surface area (Å²) < 4.78 is 0. The standard InChI is InChI=1S/C13H15NO3S/c15-12-6-3-10(14-12)8-18-11-4-1-9(2-5-11)7-13(16)17/h1-2,4-5,10H,3,6-8H2,(H,14,15)(H,16,17). The summed E-state index contributed by atoms with van der Waals surface area (Å²) in [7, 11) is 0. The number of nitrogens with one attached hydrogen (secondary N) is 1. The highest BCUT2D eigenvalue weighted by atomic mass is 32.2. The molecule has 4 nitrogen and oxygen atoms in total. The minimum Gasteiger partial charge on any atom is -0.481 e. The number of carboxylic acid groups (broad SMARTS) is 1. The van der Waals surface area contributed by atoms with Crippen molar-refractivity contribution in [2.24, 2.45) is 0 Å². The lowest BCUT2D eigenvalue weighted by Crippen LogP contribution is -2.27. The molecule has 1 amide bonds. The van der Waals surface area contributed by atoms with Gasteiger partial charge in [0.25, 0.3) is 0 Å². The van der Waals surface area contributed by atoms with E-state index >= 15 is 0 Å². The van der Waals surface area contributed by atoms with Crippen LogP contribution in [-0.4, -0.2) is 28.8 Å². The van der Waals surface area contributed by atoms with Crippen LogP contribution >= 0.6 is 11.8 Å². The summed E-state index contributed by atoms with van der Waals surface area (Å²) in [5.74, 6) is 0.186. The van der Waals surface area contributed by atoms with Crippen LogP contribution in [0.1, 0.15) is 18.4 Å². The van der Waals surface area contributed by atoms with Crippen LogP contribution in [0, 0.1) is 0 Å². The SMILES string of the molecule is O=C(O)Cc1ccc(SCC2CCC(=O)N2)cc1. The second kappa shape index (κ2) is 5.91. The average molecular weight is 265 g/mol. The predicted octanol–water partition coefficient (Wildman–Crippen LogP) is 1.68. The summed E-state index contributed by atoms with van der Waals surface area (Å²) in [6.07, 6.45) is 1.59. The van der Waals surface area contributed by atoms with Crippen molar-refractivity contribution in [3.63, 3.8) is 0 Å². The molecular weight excluding hydrogens is 250 g/mol. The molecule has 18 heavy (non-hydrogen) atoms. The molecule has 0 saturated carbocycles. The molecule has 1 aliphatic rings. The van der Waals surface area contributed by atoms with Gasteiger partial charge in [-0.15, -0.1) is 11.8 Å². The van der Waals surface area contributed by atoms with Crippen molar-refractivity contribution in [1.29, 1.82) is 0 Å². The smallest absolute Gasteiger partial charge is 0.307 e. The van der Waals surface area contributed by atoms with Crippen molar-refractivity contribution in [2.45, 2.75) is 30.2 Å². The summed E-state index contributed by atoms with van der Waals surface area (Å²) in [5.41, 5.74) is 0.806.